The smallest absolute Gasteiger partial charge is 0.147 e. The predicted molar refractivity (Wildman–Crippen MR) is 267 cm³/mol. The maximum Gasteiger partial charge on any atom is 0.147 e. The van der Waals surface area contributed by atoms with Gasteiger partial charge in [0.1, 0.15) is 36.1 Å². The van der Waals surface area contributed by atoms with E-state index in [0.29, 0.717) is 71.2 Å². The summed E-state index contributed by atoms with van der Waals surface area (Å²) in [6.45, 7) is 18.3. The van der Waals surface area contributed by atoms with Crippen molar-refractivity contribution in [2.24, 2.45) is 9.98 Å². The first-order valence-corrected chi connectivity index (χ1v) is 22.7. The molecule has 6 aromatic carbocycles. The van der Waals surface area contributed by atoms with Crippen molar-refractivity contribution >= 4 is 45.3 Å². The van der Waals surface area contributed by atoms with Gasteiger partial charge in [0.2, 0.25) is 0 Å². The van der Waals surface area contributed by atoms with Gasteiger partial charge in [0.05, 0.1) is 35.2 Å². The standard InChI is InChI=1S/C58H56N4O2/c1-35(2)45-19-13-20-46(36(3)4)55(45)59-31-43-27-29-51-57(61-43)58-52(30-28-44(62-58)32-60-56-47(37(5)6)21-14-22-48(56)38(7)8)64-34-42-26-24-40-16-10-12-18-50(40)54(42)53-41(33-63-51)25-23-39-15-9-11-17-49(39)53/h9-32,35-38H,33-34H2,1-8H3. The Hall–Kier alpha value is -6.92. The maximum absolute atomic E-state index is 6.96. The van der Waals surface area contributed by atoms with Gasteiger partial charge >= 0.3 is 0 Å². The van der Waals surface area contributed by atoms with E-state index in [1.807, 2.05) is 36.7 Å². The van der Waals surface area contributed by atoms with Crippen LogP contribution in [0.5, 0.6) is 11.5 Å². The topological polar surface area (TPSA) is 69.0 Å². The average Bonchev–Trinajstić information content (AvgIpc) is 3.30. The van der Waals surface area contributed by atoms with Crippen molar-refractivity contribution in [3.05, 3.63) is 178 Å². The number of fused-ring (bicyclic) bond motifs is 10. The number of nitrogens with zero attached hydrogens (tertiary/aromatic N) is 4. The number of aromatic nitrogens is 2. The van der Waals surface area contributed by atoms with Crippen molar-refractivity contribution in [3.8, 4) is 34.0 Å². The summed E-state index contributed by atoms with van der Waals surface area (Å²) in [7, 11) is 0. The quantitative estimate of drug-likeness (QED) is 0.143. The minimum absolute atomic E-state index is 0.309. The maximum atomic E-state index is 6.96. The zero-order chi connectivity index (χ0) is 44.5. The predicted octanol–water partition coefficient (Wildman–Crippen LogP) is 15.6. The molecule has 64 heavy (non-hydrogen) atoms. The van der Waals surface area contributed by atoms with E-state index in [2.05, 4.69) is 165 Å². The molecule has 0 saturated heterocycles. The SMILES string of the molecule is CC(C)c1cccc(C(C)C)c1N=Cc1ccc2c(n1)-c1nc(C=Nc3c(C(C)C)cccc3C(C)C)ccc1OCc1ccc3ccccc3c1-c1c(ccc3ccccc13)CO2. The minimum Gasteiger partial charge on any atom is -0.487 e. The van der Waals surface area contributed by atoms with Crippen molar-refractivity contribution in [1.82, 2.24) is 9.97 Å². The van der Waals surface area contributed by atoms with Gasteiger partial charge in [0, 0.05) is 0 Å². The number of hydrogen-bond acceptors (Lipinski definition) is 6. The summed E-state index contributed by atoms with van der Waals surface area (Å²) in [6, 6.07) is 46.9. The molecular weight excluding hydrogens is 785 g/mol. The van der Waals surface area contributed by atoms with Crippen molar-refractivity contribution in [3.63, 3.8) is 0 Å². The highest BCUT2D eigenvalue weighted by molar-refractivity contribution is 6.08. The molecule has 6 nitrogen and oxygen atoms in total. The number of pyridine rings is 2. The van der Waals surface area contributed by atoms with Gasteiger partial charge in [-0.25, -0.2) is 9.97 Å². The van der Waals surface area contributed by atoms with Crippen LogP contribution < -0.4 is 9.47 Å². The van der Waals surface area contributed by atoms with Crippen molar-refractivity contribution in [2.45, 2.75) is 92.3 Å². The Morgan fingerprint density at radius 3 is 1.17 bits per heavy atom. The van der Waals surface area contributed by atoms with E-state index in [4.69, 9.17) is 29.4 Å². The molecule has 6 heteroatoms. The summed E-state index contributed by atoms with van der Waals surface area (Å²) in [4.78, 5) is 20.9. The summed E-state index contributed by atoms with van der Waals surface area (Å²) in [5, 5.41) is 4.66. The lowest BCUT2D eigenvalue weighted by atomic mass is 9.87. The third-order valence-electron chi connectivity index (χ3n) is 12.4. The van der Waals surface area contributed by atoms with E-state index in [1.54, 1.807) is 0 Å². The molecule has 8 aromatic rings. The largest absolute Gasteiger partial charge is 0.487 e. The summed E-state index contributed by atoms with van der Waals surface area (Å²) in [5.74, 6) is 2.43. The number of benzene rings is 6. The fourth-order valence-electron chi connectivity index (χ4n) is 9.00. The molecule has 0 unspecified atom stereocenters. The molecule has 0 aliphatic carbocycles. The number of hydrogen-bond donors (Lipinski definition) is 0. The molecule has 0 fully saturated rings. The fraction of sp³-hybridized carbons (Fsp3) is 0.241. The molecule has 0 spiro atoms. The zero-order valence-electron chi connectivity index (χ0n) is 38.2. The van der Waals surface area contributed by atoms with E-state index in [1.165, 1.54) is 33.0 Å². The number of ether oxygens (including phenoxy) is 2. The van der Waals surface area contributed by atoms with Gasteiger partial charge in [-0.1, -0.05) is 165 Å². The van der Waals surface area contributed by atoms with Crippen LogP contribution in [0.4, 0.5) is 11.4 Å². The lowest BCUT2D eigenvalue weighted by molar-refractivity contribution is 0.300. The third-order valence-corrected chi connectivity index (χ3v) is 12.4. The van der Waals surface area contributed by atoms with Crippen LogP contribution in [0, 0.1) is 0 Å². The normalized spacial score (nSPS) is 12.9. The first-order chi connectivity index (χ1) is 31.0. The van der Waals surface area contributed by atoms with Crippen molar-refractivity contribution in [1.29, 1.82) is 0 Å². The highest BCUT2D eigenvalue weighted by atomic mass is 16.5. The average molecular weight is 841 g/mol. The van der Waals surface area contributed by atoms with Crippen LogP contribution in [0.2, 0.25) is 0 Å². The van der Waals surface area contributed by atoms with Gasteiger partial charge in [-0.2, -0.15) is 0 Å². The van der Waals surface area contributed by atoms with E-state index < -0.39 is 0 Å². The molecule has 0 saturated carbocycles. The van der Waals surface area contributed by atoms with Crippen LogP contribution in [-0.4, -0.2) is 22.4 Å². The molecule has 0 N–H and O–H groups in total. The molecule has 3 heterocycles. The van der Waals surface area contributed by atoms with Crippen molar-refractivity contribution < 1.29 is 9.47 Å². The monoisotopic (exact) mass is 840 g/mol. The molecule has 2 aromatic heterocycles. The van der Waals surface area contributed by atoms with Gasteiger partial charge in [-0.05, 0) is 114 Å². The van der Waals surface area contributed by atoms with Crippen LogP contribution in [0.25, 0.3) is 44.1 Å². The van der Waals surface area contributed by atoms with Gasteiger partial charge < -0.3 is 9.47 Å². The molecule has 0 radical (unpaired) electrons. The molecular formula is C58H56N4O2. The molecule has 0 amide bonds. The van der Waals surface area contributed by atoms with Crippen molar-refractivity contribution in [2.75, 3.05) is 0 Å². The first-order valence-electron chi connectivity index (χ1n) is 22.7. The molecule has 9 rings (SSSR count). The van der Waals surface area contributed by atoms with Crippen LogP contribution in [0.1, 0.15) is 124 Å². The van der Waals surface area contributed by atoms with E-state index in [-0.39, 0.29) is 0 Å². The molecule has 320 valence electrons. The number of para-hydroxylation sites is 2. The Bertz CT molecular complexity index is 2820. The van der Waals surface area contributed by atoms with Gasteiger partial charge in [-0.15, -0.1) is 0 Å². The Morgan fingerprint density at radius 1 is 0.422 bits per heavy atom. The second-order valence-corrected chi connectivity index (χ2v) is 18.1. The Balaban J connectivity index is 1.24. The minimum atomic E-state index is 0.309. The summed E-state index contributed by atoms with van der Waals surface area (Å²) < 4.78 is 13.9. The summed E-state index contributed by atoms with van der Waals surface area (Å²) >= 11 is 0. The van der Waals surface area contributed by atoms with Gasteiger partial charge in [0.25, 0.3) is 0 Å². The van der Waals surface area contributed by atoms with Crippen LogP contribution in [-0.2, 0) is 13.2 Å². The lowest BCUT2D eigenvalue weighted by Gasteiger charge is -2.22. The van der Waals surface area contributed by atoms with Crippen LogP contribution in [0.15, 0.2) is 143 Å². The Morgan fingerprint density at radius 2 is 0.797 bits per heavy atom. The molecule has 1 aliphatic rings. The second kappa shape index (κ2) is 18.1. The third kappa shape index (κ3) is 8.33. The molecule has 0 atom stereocenters. The number of aliphatic imine (C=N–C) groups is 2. The van der Waals surface area contributed by atoms with Gasteiger partial charge in [0.15, 0.2) is 0 Å². The summed E-state index contributed by atoms with van der Waals surface area (Å²) in [5.41, 5.74) is 13.8. The van der Waals surface area contributed by atoms with Crippen LogP contribution >= 0.6 is 0 Å². The fourth-order valence-corrected chi connectivity index (χ4v) is 9.00. The number of rotatable bonds is 8. The highest BCUT2D eigenvalue weighted by Gasteiger charge is 2.23. The van der Waals surface area contributed by atoms with Crippen LogP contribution in [0.3, 0.4) is 0 Å². The highest BCUT2D eigenvalue weighted by Crippen LogP contribution is 2.43. The zero-order valence-corrected chi connectivity index (χ0v) is 38.2. The molecule has 1 aliphatic heterocycles. The lowest BCUT2D eigenvalue weighted by Crippen LogP contribution is -2.08. The Labute approximate surface area is 377 Å². The second-order valence-electron chi connectivity index (χ2n) is 18.1. The van der Waals surface area contributed by atoms with E-state index in [9.17, 15) is 0 Å². The first kappa shape index (κ1) is 42.4. The molecule has 0 bridgehead atoms. The van der Waals surface area contributed by atoms with Gasteiger partial charge in [-0.3, -0.25) is 9.98 Å². The Kier molecular flexibility index (Phi) is 12.0. The van der Waals surface area contributed by atoms with E-state index >= 15 is 0 Å². The summed E-state index contributed by atoms with van der Waals surface area (Å²) in [6.07, 6.45) is 3.74. The van der Waals surface area contributed by atoms with E-state index in [0.717, 1.165) is 44.4 Å².